The molecule has 0 saturated carbocycles. The summed E-state index contributed by atoms with van der Waals surface area (Å²) in [5.41, 5.74) is 4.06. The number of phenolic OH excluding ortho intramolecular Hbond substituents is 1. The van der Waals surface area contributed by atoms with Crippen LogP contribution in [0.25, 0.3) is 0 Å². The summed E-state index contributed by atoms with van der Waals surface area (Å²) in [7, 11) is 0. The predicted molar refractivity (Wildman–Crippen MR) is 91.2 cm³/mol. The van der Waals surface area contributed by atoms with Crippen LogP contribution in [0.5, 0.6) is 5.75 Å². The summed E-state index contributed by atoms with van der Waals surface area (Å²) >= 11 is 0. The smallest absolute Gasteiger partial charge is 0.271 e. The normalized spacial score (nSPS) is 14.3. The molecule has 2 amide bonds. The Morgan fingerprint density at radius 1 is 1.21 bits per heavy atom. The first-order valence-corrected chi connectivity index (χ1v) is 7.67. The maximum absolute atomic E-state index is 12.2. The van der Waals surface area contributed by atoms with Crippen LogP contribution < -0.4 is 10.3 Å². The molecule has 0 bridgehead atoms. The molecule has 1 aliphatic heterocycles. The molecule has 24 heavy (non-hydrogen) atoms. The Balaban J connectivity index is 1.69. The van der Waals surface area contributed by atoms with E-state index in [-0.39, 0.29) is 17.6 Å². The van der Waals surface area contributed by atoms with E-state index < -0.39 is 0 Å². The minimum Gasteiger partial charge on any atom is -0.507 e. The average Bonchev–Trinajstić information content (AvgIpc) is 3.03. The van der Waals surface area contributed by atoms with Crippen molar-refractivity contribution < 1.29 is 14.7 Å². The van der Waals surface area contributed by atoms with E-state index in [2.05, 4.69) is 10.5 Å². The lowest BCUT2D eigenvalue weighted by molar-refractivity contribution is -0.117. The lowest BCUT2D eigenvalue weighted by atomic mass is 10.2. The highest BCUT2D eigenvalue weighted by atomic mass is 16.3. The molecule has 0 spiro atoms. The third-order valence-corrected chi connectivity index (χ3v) is 3.80. The molecule has 0 radical (unpaired) electrons. The number of benzene rings is 2. The van der Waals surface area contributed by atoms with Gasteiger partial charge in [-0.15, -0.1) is 0 Å². The number of hydrogen-bond acceptors (Lipinski definition) is 4. The van der Waals surface area contributed by atoms with E-state index in [4.69, 9.17) is 0 Å². The molecule has 0 aromatic heterocycles. The molecule has 6 nitrogen and oxygen atoms in total. The van der Waals surface area contributed by atoms with Crippen molar-refractivity contribution in [1.82, 2.24) is 5.43 Å². The highest BCUT2D eigenvalue weighted by molar-refractivity contribution is 5.99. The largest absolute Gasteiger partial charge is 0.507 e. The minimum absolute atomic E-state index is 0.0742. The van der Waals surface area contributed by atoms with E-state index >= 15 is 0 Å². The summed E-state index contributed by atoms with van der Waals surface area (Å²) in [6.07, 6.45) is 2.75. The van der Waals surface area contributed by atoms with Gasteiger partial charge in [0.2, 0.25) is 5.91 Å². The van der Waals surface area contributed by atoms with Crippen LogP contribution in [0.3, 0.4) is 0 Å². The number of anilines is 1. The van der Waals surface area contributed by atoms with E-state index in [1.807, 2.05) is 6.07 Å². The van der Waals surface area contributed by atoms with Gasteiger partial charge >= 0.3 is 0 Å². The topological polar surface area (TPSA) is 82.0 Å². The van der Waals surface area contributed by atoms with Crippen LogP contribution in [0.4, 0.5) is 5.69 Å². The molecule has 122 valence electrons. The average molecular weight is 323 g/mol. The van der Waals surface area contributed by atoms with Crippen molar-refractivity contribution in [3.8, 4) is 5.75 Å². The summed E-state index contributed by atoms with van der Waals surface area (Å²) in [5, 5.41) is 13.5. The van der Waals surface area contributed by atoms with Gasteiger partial charge < -0.3 is 10.0 Å². The summed E-state index contributed by atoms with van der Waals surface area (Å²) in [6, 6.07) is 13.6. The molecular weight excluding hydrogens is 306 g/mol. The van der Waals surface area contributed by atoms with Gasteiger partial charge in [0.05, 0.1) is 6.21 Å². The van der Waals surface area contributed by atoms with Crippen molar-refractivity contribution in [2.24, 2.45) is 5.10 Å². The van der Waals surface area contributed by atoms with Crippen molar-refractivity contribution in [2.75, 3.05) is 11.4 Å². The standard InChI is InChI=1S/C18H17N3O3/c22-16-8-2-1-5-14(16)12-19-20-18(24)13-6-3-7-15(11-13)21-10-4-9-17(21)23/h1-3,5-8,11-12,22H,4,9-10H2,(H,20,24)/b19-12+. The molecule has 1 heterocycles. The Labute approximate surface area is 139 Å². The molecule has 2 aromatic rings. The summed E-state index contributed by atoms with van der Waals surface area (Å²) in [4.78, 5) is 25.7. The highest BCUT2D eigenvalue weighted by Gasteiger charge is 2.22. The summed E-state index contributed by atoms with van der Waals surface area (Å²) < 4.78 is 0. The van der Waals surface area contributed by atoms with Crippen molar-refractivity contribution in [2.45, 2.75) is 12.8 Å². The molecule has 2 N–H and O–H groups in total. The van der Waals surface area contributed by atoms with Gasteiger partial charge in [-0.05, 0) is 36.8 Å². The Morgan fingerprint density at radius 2 is 2.04 bits per heavy atom. The molecule has 1 saturated heterocycles. The molecule has 1 aliphatic rings. The highest BCUT2D eigenvalue weighted by Crippen LogP contribution is 2.22. The lowest BCUT2D eigenvalue weighted by Gasteiger charge is -2.16. The van der Waals surface area contributed by atoms with Gasteiger partial charge in [0.25, 0.3) is 5.91 Å². The van der Waals surface area contributed by atoms with Crippen molar-refractivity contribution in [3.63, 3.8) is 0 Å². The second kappa shape index (κ2) is 6.95. The van der Waals surface area contributed by atoms with Crippen LogP contribution in [0.15, 0.2) is 53.6 Å². The predicted octanol–water partition coefficient (Wildman–Crippen LogP) is 2.28. The van der Waals surface area contributed by atoms with Gasteiger partial charge in [-0.25, -0.2) is 5.43 Å². The van der Waals surface area contributed by atoms with Gasteiger partial charge in [-0.3, -0.25) is 9.59 Å². The van der Waals surface area contributed by atoms with Gasteiger partial charge in [0, 0.05) is 29.8 Å². The van der Waals surface area contributed by atoms with Crippen LogP contribution >= 0.6 is 0 Å². The fraction of sp³-hybridized carbons (Fsp3) is 0.167. The first kappa shape index (κ1) is 15.7. The molecule has 2 aromatic carbocycles. The third kappa shape index (κ3) is 3.43. The Morgan fingerprint density at radius 3 is 2.79 bits per heavy atom. The van der Waals surface area contributed by atoms with Crippen molar-refractivity contribution in [3.05, 3.63) is 59.7 Å². The Hall–Kier alpha value is -3.15. The molecular formula is C18H17N3O3. The Kier molecular flexibility index (Phi) is 4.56. The molecule has 3 rings (SSSR count). The van der Waals surface area contributed by atoms with Crippen molar-refractivity contribution >= 4 is 23.7 Å². The monoisotopic (exact) mass is 323 g/mol. The number of hydrogen-bond donors (Lipinski definition) is 2. The molecule has 6 heteroatoms. The zero-order valence-electron chi connectivity index (χ0n) is 13.0. The van der Waals surface area contributed by atoms with Gasteiger partial charge in [-0.1, -0.05) is 18.2 Å². The van der Waals surface area contributed by atoms with Gasteiger partial charge in [0.15, 0.2) is 0 Å². The zero-order chi connectivity index (χ0) is 16.9. The summed E-state index contributed by atoms with van der Waals surface area (Å²) in [6.45, 7) is 0.676. The van der Waals surface area contributed by atoms with E-state index in [1.165, 1.54) is 6.21 Å². The van der Waals surface area contributed by atoms with E-state index in [9.17, 15) is 14.7 Å². The number of nitrogens with one attached hydrogen (secondary N) is 1. The minimum atomic E-state index is -0.379. The number of nitrogens with zero attached hydrogens (tertiary/aromatic N) is 2. The number of carbonyl (C=O) groups excluding carboxylic acids is 2. The van der Waals surface area contributed by atoms with E-state index in [0.717, 1.165) is 12.1 Å². The maximum Gasteiger partial charge on any atom is 0.271 e. The molecule has 0 atom stereocenters. The quantitative estimate of drug-likeness (QED) is 0.669. The second-order valence-electron chi connectivity index (χ2n) is 5.46. The number of carbonyl (C=O) groups is 2. The molecule has 1 fully saturated rings. The number of hydrazone groups is 1. The molecule has 0 aliphatic carbocycles. The number of phenols is 1. The van der Waals surface area contributed by atoms with Crippen LogP contribution in [0.1, 0.15) is 28.8 Å². The van der Waals surface area contributed by atoms with Gasteiger partial charge in [0.1, 0.15) is 5.75 Å². The van der Waals surface area contributed by atoms with Crippen LogP contribution in [0, 0.1) is 0 Å². The number of rotatable bonds is 4. The van der Waals surface area contributed by atoms with Crippen LogP contribution in [-0.2, 0) is 4.79 Å². The third-order valence-electron chi connectivity index (χ3n) is 3.80. The number of amides is 2. The number of para-hydroxylation sites is 1. The SMILES string of the molecule is O=C(N/N=C/c1ccccc1O)c1cccc(N2CCCC2=O)c1. The summed E-state index contributed by atoms with van der Waals surface area (Å²) in [5.74, 6) is -0.217. The second-order valence-corrected chi connectivity index (χ2v) is 5.46. The first-order chi connectivity index (χ1) is 11.6. The number of aromatic hydroxyl groups is 1. The van der Waals surface area contributed by atoms with Crippen molar-refractivity contribution in [1.29, 1.82) is 0 Å². The first-order valence-electron chi connectivity index (χ1n) is 7.67. The van der Waals surface area contributed by atoms with E-state index in [0.29, 0.717) is 24.1 Å². The van der Waals surface area contributed by atoms with Gasteiger partial charge in [-0.2, -0.15) is 5.10 Å². The fourth-order valence-corrected chi connectivity index (χ4v) is 2.56. The van der Waals surface area contributed by atoms with Crippen LogP contribution in [0.2, 0.25) is 0 Å². The van der Waals surface area contributed by atoms with Crippen LogP contribution in [-0.4, -0.2) is 29.7 Å². The molecule has 0 unspecified atom stereocenters. The zero-order valence-corrected chi connectivity index (χ0v) is 13.0. The lowest BCUT2D eigenvalue weighted by Crippen LogP contribution is -2.24. The Bertz CT molecular complexity index is 802. The van der Waals surface area contributed by atoms with E-state index in [1.54, 1.807) is 47.4 Å². The maximum atomic E-state index is 12.2. The fourth-order valence-electron chi connectivity index (χ4n) is 2.56.